The molecule has 0 spiro atoms. The highest BCUT2D eigenvalue weighted by atomic mass is 79.9. The number of halogens is 1. The number of hydrogen-bond acceptors (Lipinski definition) is 8. The Labute approximate surface area is 176 Å². The van der Waals surface area contributed by atoms with Gasteiger partial charge in [0.25, 0.3) is 0 Å². The van der Waals surface area contributed by atoms with Crippen molar-refractivity contribution in [2.45, 2.75) is 4.90 Å². The number of anilines is 1. The quantitative estimate of drug-likeness (QED) is 0.539. The predicted molar refractivity (Wildman–Crippen MR) is 109 cm³/mol. The lowest BCUT2D eigenvalue weighted by Crippen LogP contribution is -2.49. The fourth-order valence-corrected chi connectivity index (χ4v) is 5.23. The molecule has 0 bridgehead atoms. The van der Waals surface area contributed by atoms with E-state index in [0.29, 0.717) is 48.0 Å². The third-order valence-corrected chi connectivity index (χ3v) is 7.01. The number of aromatic nitrogens is 5. The van der Waals surface area contributed by atoms with Crippen molar-refractivity contribution in [3.8, 4) is 11.6 Å². The fraction of sp³-hybridized carbons (Fsp3) is 0.294. The van der Waals surface area contributed by atoms with Gasteiger partial charge >= 0.3 is 0 Å². The lowest BCUT2D eigenvalue weighted by Gasteiger charge is -2.34. The molecule has 1 aliphatic rings. The van der Waals surface area contributed by atoms with E-state index in [9.17, 15) is 8.42 Å². The Balaban J connectivity index is 1.51. The summed E-state index contributed by atoms with van der Waals surface area (Å²) in [4.78, 5) is 14.6. The van der Waals surface area contributed by atoms with Crippen molar-refractivity contribution in [2.24, 2.45) is 0 Å². The first-order chi connectivity index (χ1) is 14.0. The summed E-state index contributed by atoms with van der Waals surface area (Å²) >= 11 is 3.33. The van der Waals surface area contributed by atoms with Crippen molar-refractivity contribution < 1.29 is 13.2 Å². The number of sulfonamides is 1. The Kier molecular flexibility index (Phi) is 5.48. The topological polar surface area (TPSA) is 106 Å². The first kappa shape index (κ1) is 19.7. The predicted octanol–water partition coefficient (Wildman–Crippen LogP) is 1.34. The van der Waals surface area contributed by atoms with E-state index >= 15 is 0 Å². The number of ether oxygens (including phenoxy) is 1. The number of hydrogen-bond donors (Lipinski definition) is 0. The number of benzene rings is 1. The second-order valence-electron chi connectivity index (χ2n) is 6.26. The molecular formula is C17H18BrN7O3S. The molecule has 1 aromatic carbocycles. The molecule has 1 saturated heterocycles. The molecule has 0 aliphatic carbocycles. The number of piperazine rings is 1. The molecule has 0 unspecified atom stereocenters. The van der Waals surface area contributed by atoms with Crippen LogP contribution in [-0.2, 0) is 10.0 Å². The molecule has 0 radical (unpaired) electrons. The van der Waals surface area contributed by atoms with Crippen molar-refractivity contribution in [3.05, 3.63) is 47.7 Å². The Morgan fingerprint density at radius 3 is 2.48 bits per heavy atom. The molecule has 152 valence electrons. The lowest BCUT2D eigenvalue weighted by molar-refractivity contribution is 0.373. The minimum Gasteiger partial charge on any atom is -0.495 e. The van der Waals surface area contributed by atoms with Crippen LogP contribution in [0.4, 0.5) is 5.82 Å². The van der Waals surface area contributed by atoms with E-state index in [4.69, 9.17) is 4.74 Å². The van der Waals surface area contributed by atoms with Crippen LogP contribution in [0.2, 0.25) is 0 Å². The first-order valence-corrected chi connectivity index (χ1v) is 11.0. The minimum atomic E-state index is -3.68. The smallest absolute Gasteiger partial charge is 0.246 e. The van der Waals surface area contributed by atoms with Crippen molar-refractivity contribution in [1.29, 1.82) is 0 Å². The molecule has 1 fully saturated rings. The van der Waals surface area contributed by atoms with Gasteiger partial charge in [-0.15, -0.1) is 0 Å². The molecule has 0 saturated carbocycles. The molecular weight excluding hydrogens is 462 g/mol. The van der Waals surface area contributed by atoms with E-state index in [2.05, 4.69) is 36.0 Å². The van der Waals surface area contributed by atoms with Crippen LogP contribution in [0.25, 0.3) is 5.82 Å². The molecule has 3 aromatic rings. The normalized spacial score (nSPS) is 15.4. The van der Waals surface area contributed by atoms with Gasteiger partial charge in [0.15, 0.2) is 5.82 Å². The van der Waals surface area contributed by atoms with E-state index in [1.807, 2.05) is 4.90 Å². The zero-order valence-electron chi connectivity index (χ0n) is 15.5. The molecule has 1 aliphatic heterocycles. The van der Waals surface area contributed by atoms with Gasteiger partial charge in [-0.1, -0.05) is 15.9 Å². The van der Waals surface area contributed by atoms with Gasteiger partial charge in [0.1, 0.15) is 35.4 Å². The SMILES string of the molecule is COc1ccc(Br)cc1S(=O)(=O)N1CCN(c2cc(-n3cncn3)ncn2)CC1. The maximum Gasteiger partial charge on any atom is 0.246 e. The van der Waals surface area contributed by atoms with E-state index in [0.717, 1.165) is 0 Å². The summed E-state index contributed by atoms with van der Waals surface area (Å²) in [7, 11) is -2.22. The standard InChI is InChI=1S/C17H18BrN7O3S/c1-28-14-3-2-13(18)8-15(14)29(26,27)24-6-4-23(5-7-24)16-9-17(21-11-20-16)25-12-19-10-22-25/h2-3,8-12H,4-7H2,1H3. The third kappa shape index (κ3) is 3.95. The molecule has 2 aromatic heterocycles. The van der Waals surface area contributed by atoms with Crippen LogP contribution in [0.5, 0.6) is 5.75 Å². The monoisotopic (exact) mass is 479 g/mol. The van der Waals surface area contributed by atoms with Crippen LogP contribution in [-0.4, -0.2) is 70.7 Å². The van der Waals surface area contributed by atoms with Gasteiger partial charge in [-0.2, -0.15) is 9.40 Å². The van der Waals surface area contributed by atoms with Gasteiger partial charge in [0.2, 0.25) is 10.0 Å². The van der Waals surface area contributed by atoms with Crippen molar-refractivity contribution in [1.82, 2.24) is 29.0 Å². The Hall–Kier alpha value is -2.57. The second-order valence-corrected chi connectivity index (χ2v) is 9.08. The fourth-order valence-electron chi connectivity index (χ4n) is 3.11. The van der Waals surface area contributed by atoms with Crippen LogP contribution in [0.15, 0.2) is 52.6 Å². The molecule has 12 heteroatoms. The summed E-state index contributed by atoms with van der Waals surface area (Å²) in [5.74, 6) is 1.63. The maximum absolute atomic E-state index is 13.1. The zero-order valence-corrected chi connectivity index (χ0v) is 17.9. The van der Waals surface area contributed by atoms with Crippen LogP contribution in [0, 0.1) is 0 Å². The number of rotatable bonds is 5. The number of methoxy groups -OCH3 is 1. The van der Waals surface area contributed by atoms with Crippen LogP contribution in [0.3, 0.4) is 0 Å². The Morgan fingerprint density at radius 2 is 1.79 bits per heavy atom. The van der Waals surface area contributed by atoms with Crippen LogP contribution < -0.4 is 9.64 Å². The zero-order chi connectivity index (χ0) is 20.4. The van der Waals surface area contributed by atoms with Gasteiger partial charge in [-0.05, 0) is 18.2 Å². The highest BCUT2D eigenvalue weighted by molar-refractivity contribution is 9.10. The van der Waals surface area contributed by atoms with Gasteiger partial charge in [-0.3, -0.25) is 0 Å². The third-order valence-electron chi connectivity index (χ3n) is 4.60. The van der Waals surface area contributed by atoms with Crippen LogP contribution >= 0.6 is 15.9 Å². The largest absolute Gasteiger partial charge is 0.495 e. The van der Waals surface area contributed by atoms with Crippen molar-refractivity contribution in [3.63, 3.8) is 0 Å². The lowest BCUT2D eigenvalue weighted by atomic mass is 10.3. The summed E-state index contributed by atoms with van der Waals surface area (Å²) < 4.78 is 35.2. The van der Waals surface area contributed by atoms with Gasteiger partial charge in [0, 0.05) is 36.7 Å². The Bertz CT molecular complexity index is 1100. The minimum absolute atomic E-state index is 0.151. The molecule has 3 heterocycles. The maximum atomic E-state index is 13.1. The second kappa shape index (κ2) is 8.05. The average Bonchev–Trinajstić information content (AvgIpc) is 3.29. The van der Waals surface area contributed by atoms with Gasteiger partial charge in [0.05, 0.1) is 7.11 Å². The summed E-state index contributed by atoms with van der Waals surface area (Å²) in [6.45, 7) is 1.67. The summed E-state index contributed by atoms with van der Waals surface area (Å²) in [5, 5.41) is 4.07. The summed E-state index contributed by atoms with van der Waals surface area (Å²) in [6, 6.07) is 6.75. The highest BCUT2D eigenvalue weighted by Crippen LogP contribution is 2.30. The first-order valence-electron chi connectivity index (χ1n) is 8.75. The molecule has 29 heavy (non-hydrogen) atoms. The summed E-state index contributed by atoms with van der Waals surface area (Å²) in [5.41, 5.74) is 0. The summed E-state index contributed by atoms with van der Waals surface area (Å²) in [6.07, 6.45) is 4.45. The van der Waals surface area contributed by atoms with Crippen molar-refractivity contribution >= 4 is 31.8 Å². The molecule has 0 atom stereocenters. The Morgan fingerprint density at radius 1 is 1.03 bits per heavy atom. The molecule has 10 nitrogen and oxygen atoms in total. The van der Waals surface area contributed by atoms with E-state index in [-0.39, 0.29) is 4.90 Å². The van der Waals surface area contributed by atoms with E-state index in [1.165, 1.54) is 24.1 Å². The van der Waals surface area contributed by atoms with Gasteiger partial charge < -0.3 is 9.64 Å². The molecule has 0 N–H and O–H groups in total. The number of nitrogens with zero attached hydrogens (tertiary/aromatic N) is 7. The average molecular weight is 480 g/mol. The van der Waals surface area contributed by atoms with Crippen molar-refractivity contribution in [2.75, 3.05) is 38.2 Å². The van der Waals surface area contributed by atoms with E-state index < -0.39 is 10.0 Å². The molecule has 4 rings (SSSR count). The van der Waals surface area contributed by atoms with Gasteiger partial charge in [-0.25, -0.2) is 28.1 Å². The van der Waals surface area contributed by atoms with E-state index in [1.54, 1.807) is 35.3 Å². The highest BCUT2D eigenvalue weighted by Gasteiger charge is 2.31. The van der Waals surface area contributed by atoms with Crippen LogP contribution in [0.1, 0.15) is 0 Å². The molecule has 0 amide bonds.